The van der Waals surface area contributed by atoms with Crippen LogP contribution in [-0.2, 0) is 4.79 Å². The van der Waals surface area contributed by atoms with Crippen LogP contribution in [0.5, 0.6) is 0 Å². The number of halogens is 1. The average molecular weight is 395 g/mol. The lowest BCUT2D eigenvalue weighted by Gasteiger charge is -2.11. The predicted molar refractivity (Wildman–Crippen MR) is 92.2 cm³/mol. The summed E-state index contributed by atoms with van der Waals surface area (Å²) in [5.41, 5.74) is 1.56. The highest BCUT2D eigenvalue weighted by atomic mass is 79.9. The molecule has 0 aliphatic rings. The maximum Gasteiger partial charge on any atom is 0.308 e. The van der Waals surface area contributed by atoms with Crippen LogP contribution in [0.25, 0.3) is 5.69 Å². The van der Waals surface area contributed by atoms with Crippen LogP contribution in [0.2, 0.25) is 0 Å². The number of aliphatic carboxylic acids is 1. The maximum atomic E-state index is 12.3. The van der Waals surface area contributed by atoms with E-state index < -0.39 is 17.8 Å². The summed E-state index contributed by atoms with van der Waals surface area (Å²) in [5, 5.41) is 19.7. The molecule has 0 spiro atoms. The standard InChI is InChI=1S/C16H19BrN4O3/c1-3-5-11(16(23)24)9-18-15(22)14-10(2)21(20-19-14)13-7-4-6-12(17)8-13/h4,6-8,11H,3,5,9H2,1-2H3,(H,18,22)(H,23,24). The zero-order valence-corrected chi connectivity index (χ0v) is 15.1. The van der Waals surface area contributed by atoms with E-state index in [1.54, 1.807) is 11.6 Å². The summed E-state index contributed by atoms with van der Waals surface area (Å²) in [6.07, 6.45) is 1.25. The van der Waals surface area contributed by atoms with Gasteiger partial charge in [-0.15, -0.1) is 5.10 Å². The van der Waals surface area contributed by atoms with Gasteiger partial charge in [-0.1, -0.05) is 40.6 Å². The fraction of sp³-hybridized carbons (Fsp3) is 0.375. The topological polar surface area (TPSA) is 97.1 Å². The van der Waals surface area contributed by atoms with Gasteiger partial charge in [0.2, 0.25) is 0 Å². The zero-order chi connectivity index (χ0) is 17.7. The van der Waals surface area contributed by atoms with Gasteiger partial charge in [-0.3, -0.25) is 9.59 Å². The van der Waals surface area contributed by atoms with Crippen LogP contribution in [0.15, 0.2) is 28.7 Å². The van der Waals surface area contributed by atoms with Crippen LogP contribution in [-0.4, -0.2) is 38.5 Å². The van der Waals surface area contributed by atoms with Gasteiger partial charge in [0, 0.05) is 11.0 Å². The molecule has 0 saturated carbocycles. The fourth-order valence-corrected chi connectivity index (χ4v) is 2.74. The zero-order valence-electron chi connectivity index (χ0n) is 13.5. The lowest BCUT2D eigenvalue weighted by molar-refractivity contribution is -0.141. The second kappa shape index (κ2) is 8.05. The molecule has 0 radical (unpaired) electrons. The molecule has 7 nitrogen and oxygen atoms in total. The van der Waals surface area contributed by atoms with Crippen molar-refractivity contribution in [3.05, 3.63) is 40.1 Å². The van der Waals surface area contributed by atoms with Crippen molar-refractivity contribution >= 4 is 27.8 Å². The number of aromatic nitrogens is 3. The molecule has 1 unspecified atom stereocenters. The Morgan fingerprint density at radius 2 is 2.17 bits per heavy atom. The molecule has 1 aromatic heterocycles. The highest BCUT2D eigenvalue weighted by Crippen LogP contribution is 2.17. The van der Waals surface area contributed by atoms with Crippen LogP contribution in [0.1, 0.15) is 35.9 Å². The molecule has 2 aromatic rings. The van der Waals surface area contributed by atoms with Crippen molar-refractivity contribution in [3.63, 3.8) is 0 Å². The molecule has 2 N–H and O–H groups in total. The molecule has 24 heavy (non-hydrogen) atoms. The Morgan fingerprint density at radius 3 is 2.79 bits per heavy atom. The first-order valence-corrected chi connectivity index (χ1v) is 8.42. The summed E-state index contributed by atoms with van der Waals surface area (Å²) < 4.78 is 2.46. The summed E-state index contributed by atoms with van der Waals surface area (Å²) in [5.74, 6) is -1.93. The van der Waals surface area contributed by atoms with E-state index in [-0.39, 0.29) is 12.2 Å². The molecule has 1 amide bonds. The van der Waals surface area contributed by atoms with E-state index in [9.17, 15) is 9.59 Å². The molecule has 0 saturated heterocycles. The van der Waals surface area contributed by atoms with Crippen LogP contribution in [0.3, 0.4) is 0 Å². The number of carboxylic acid groups (broad SMARTS) is 1. The van der Waals surface area contributed by atoms with E-state index in [1.165, 1.54) is 0 Å². The van der Waals surface area contributed by atoms with E-state index in [2.05, 4.69) is 31.6 Å². The highest BCUT2D eigenvalue weighted by Gasteiger charge is 2.21. The number of carboxylic acids is 1. The molecule has 0 aliphatic heterocycles. The second-order valence-corrected chi connectivity index (χ2v) is 6.36. The average Bonchev–Trinajstić information content (AvgIpc) is 2.92. The maximum absolute atomic E-state index is 12.3. The minimum atomic E-state index is -0.910. The number of benzene rings is 1. The van der Waals surface area contributed by atoms with Crippen molar-refractivity contribution in [1.82, 2.24) is 20.3 Å². The highest BCUT2D eigenvalue weighted by molar-refractivity contribution is 9.10. The molecular weight excluding hydrogens is 376 g/mol. The Hall–Kier alpha value is -2.22. The van der Waals surface area contributed by atoms with Gasteiger partial charge in [0.1, 0.15) is 0 Å². The van der Waals surface area contributed by atoms with Crippen LogP contribution < -0.4 is 5.32 Å². The Morgan fingerprint density at radius 1 is 1.42 bits per heavy atom. The molecule has 1 atom stereocenters. The molecule has 8 heteroatoms. The molecule has 1 heterocycles. The number of hydrogen-bond acceptors (Lipinski definition) is 4. The summed E-state index contributed by atoms with van der Waals surface area (Å²) >= 11 is 3.39. The number of nitrogens with one attached hydrogen (secondary N) is 1. The van der Waals surface area contributed by atoms with Crippen molar-refractivity contribution in [1.29, 1.82) is 0 Å². The van der Waals surface area contributed by atoms with Gasteiger partial charge in [0.25, 0.3) is 5.91 Å². The van der Waals surface area contributed by atoms with E-state index in [1.807, 2.05) is 31.2 Å². The van der Waals surface area contributed by atoms with Crippen LogP contribution in [0, 0.1) is 12.8 Å². The fourth-order valence-electron chi connectivity index (χ4n) is 2.35. The van der Waals surface area contributed by atoms with Gasteiger partial charge >= 0.3 is 5.97 Å². The summed E-state index contributed by atoms with van der Waals surface area (Å²) in [4.78, 5) is 23.4. The Labute approximate surface area is 148 Å². The van der Waals surface area contributed by atoms with E-state index >= 15 is 0 Å². The third-order valence-corrected chi connectivity index (χ3v) is 4.15. The minimum absolute atomic E-state index is 0.0746. The summed E-state index contributed by atoms with van der Waals surface area (Å²) in [6, 6.07) is 7.48. The van der Waals surface area contributed by atoms with Crippen LogP contribution >= 0.6 is 15.9 Å². The van der Waals surface area contributed by atoms with Gasteiger partial charge in [0.05, 0.1) is 17.3 Å². The summed E-state index contributed by atoms with van der Waals surface area (Å²) in [6.45, 7) is 3.73. The SMILES string of the molecule is CCCC(CNC(=O)c1nnn(-c2cccc(Br)c2)c1C)C(=O)O. The first kappa shape index (κ1) is 18.1. The van der Waals surface area contributed by atoms with Crippen molar-refractivity contribution in [3.8, 4) is 5.69 Å². The van der Waals surface area contributed by atoms with Gasteiger partial charge in [-0.05, 0) is 31.5 Å². The largest absolute Gasteiger partial charge is 0.481 e. The number of carbonyl (C=O) groups is 2. The van der Waals surface area contributed by atoms with Gasteiger partial charge < -0.3 is 10.4 Å². The molecule has 0 bridgehead atoms. The molecule has 1 aromatic carbocycles. The number of nitrogens with zero attached hydrogens (tertiary/aromatic N) is 3. The van der Waals surface area contributed by atoms with Gasteiger partial charge in [-0.2, -0.15) is 0 Å². The van der Waals surface area contributed by atoms with Crippen LogP contribution in [0.4, 0.5) is 0 Å². The monoisotopic (exact) mass is 394 g/mol. The molecule has 128 valence electrons. The van der Waals surface area contributed by atoms with Crippen molar-refractivity contribution < 1.29 is 14.7 Å². The Balaban J connectivity index is 2.12. The van der Waals surface area contributed by atoms with E-state index in [4.69, 9.17) is 5.11 Å². The van der Waals surface area contributed by atoms with E-state index in [0.717, 1.165) is 16.6 Å². The first-order valence-electron chi connectivity index (χ1n) is 7.63. The number of amides is 1. The number of rotatable bonds is 7. The first-order chi connectivity index (χ1) is 11.4. The lowest BCUT2D eigenvalue weighted by atomic mass is 10.0. The minimum Gasteiger partial charge on any atom is -0.481 e. The quantitative estimate of drug-likeness (QED) is 0.751. The van der Waals surface area contributed by atoms with Crippen molar-refractivity contribution in [2.24, 2.45) is 5.92 Å². The number of hydrogen-bond donors (Lipinski definition) is 2. The second-order valence-electron chi connectivity index (χ2n) is 5.45. The predicted octanol–water partition coefficient (Wildman–Crippen LogP) is 2.57. The van der Waals surface area contributed by atoms with Crippen molar-refractivity contribution in [2.45, 2.75) is 26.7 Å². The Kier molecular flexibility index (Phi) is 6.08. The van der Waals surface area contributed by atoms with Gasteiger partial charge in [-0.25, -0.2) is 4.68 Å². The molecule has 0 aliphatic carbocycles. The molecule has 0 fully saturated rings. The third-order valence-electron chi connectivity index (χ3n) is 3.66. The van der Waals surface area contributed by atoms with Gasteiger partial charge in [0.15, 0.2) is 5.69 Å². The Bertz CT molecular complexity index is 745. The smallest absolute Gasteiger partial charge is 0.308 e. The summed E-state index contributed by atoms with van der Waals surface area (Å²) in [7, 11) is 0. The van der Waals surface area contributed by atoms with E-state index in [0.29, 0.717) is 12.1 Å². The van der Waals surface area contributed by atoms with Crippen molar-refractivity contribution in [2.75, 3.05) is 6.54 Å². The number of carbonyl (C=O) groups excluding carboxylic acids is 1. The molecule has 2 rings (SSSR count). The lowest BCUT2D eigenvalue weighted by Crippen LogP contribution is -2.33. The normalized spacial score (nSPS) is 12.0. The third kappa shape index (κ3) is 4.19. The molecular formula is C16H19BrN4O3.